The van der Waals surface area contributed by atoms with Crippen molar-refractivity contribution in [2.45, 2.75) is 53.0 Å². The fourth-order valence-electron chi connectivity index (χ4n) is 1.50. The Balaban J connectivity index is 0.000000921. The monoisotopic (exact) mass is 207 g/mol. The van der Waals surface area contributed by atoms with Crippen molar-refractivity contribution in [1.82, 2.24) is 0 Å². The maximum atomic E-state index is 5.72. The highest BCUT2D eigenvalue weighted by Gasteiger charge is 1.97. The molecule has 86 valence electrons. The van der Waals surface area contributed by atoms with E-state index in [1.807, 2.05) is 20.8 Å². The highest BCUT2D eigenvalue weighted by Crippen LogP contribution is 2.07. The maximum Gasteiger partial charge on any atom is 0.00509 e. The quantitative estimate of drug-likeness (QED) is 0.802. The zero-order valence-electron chi connectivity index (χ0n) is 10.6. The van der Waals surface area contributed by atoms with Gasteiger partial charge in [0.05, 0.1) is 0 Å². The van der Waals surface area contributed by atoms with Crippen molar-refractivity contribution in [2.75, 3.05) is 0 Å². The zero-order valence-corrected chi connectivity index (χ0v) is 10.6. The predicted octanol–water partition coefficient (Wildman–Crippen LogP) is 3.56. The van der Waals surface area contributed by atoms with Crippen LogP contribution in [0.5, 0.6) is 0 Å². The minimum Gasteiger partial charge on any atom is -0.328 e. The van der Waals surface area contributed by atoms with E-state index in [9.17, 15) is 0 Å². The Morgan fingerprint density at radius 1 is 1.07 bits per heavy atom. The molecule has 0 saturated carbocycles. The van der Waals surface area contributed by atoms with E-state index in [1.54, 1.807) is 0 Å². The van der Waals surface area contributed by atoms with Gasteiger partial charge in [-0.2, -0.15) is 0 Å². The number of aryl methyl sites for hydroxylation is 1. The molecule has 0 aromatic heterocycles. The van der Waals surface area contributed by atoms with Crippen molar-refractivity contribution in [3.05, 3.63) is 35.4 Å². The average molecular weight is 207 g/mol. The molecule has 0 heterocycles. The first-order valence-corrected chi connectivity index (χ1v) is 6.05. The SMILES string of the molecule is CC.CCCc1ccc(CC(C)N)cc1. The lowest BCUT2D eigenvalue weighted by Gasteiger charge is -2.05. The lowest BCUT2D eigenvalue weighted by Crippen LogP contribution is -2.17. The van der Waals surface area contributed by atoms with Crippen LogP contribution >= 0.6 is 0 Å². The van der Waals surface area contributed by atoms with Gasteiger partial charge in [-0.25, -0.2) is 0 Å². The Morgan fingerprint density at radius 2 is 1.53 bits per heavy atom. The maximum absolute atomic E-state index is 5.72. The lowest BCUT2D eigenvalue weighted by atomic mass is 10.0. The summed E-state index contributed by atoms with van der Waals surface area (Å²) in [5.41, 5.74) is 8.49. The van der Waals surface area contributed by atoms with Crippen LogP contribution in [0.4, 0.5) is 0 Å². The third kappa shape index (κ3) is 6.29. The molecule has 0 aliphatic heterocycles. The smallest absolute Gasteiger partial charge is 0.00509 e. The number of hydrogen-bond donors (Lipinski definition) is 1. The molecule has 0 fully saturated rings. The van der Waals surface area contributed by atoms with Crippen LogP contribution in [-0.2, 0) is 12.8 Å². The Morgan fingerprint density at radius 3 is 1.93 bits per heavy atom. The van der Waals surface area contributed by atoms with Gasteiger partial charge in [0, 0.05) is 6.04 Å². The molecular formula is C14H25N. The molecule has 1 atom stereocenters. The minimum atomic E-state index is 0.261. The van der Waals surface area contributed by atoms with E-state index in [2.05, 4.69) is 31.2 Å². The van der Waals surface area contributed by atoms with Gasteiger partial charge in [-0.05, 0) is 30.9 Å². The molecule has 0 bridgehead atoms. The summed E-state index contributed by atoms with van der Waals surface area (Å²) in [6.07, 6.45) is 3.37. The molecule has 0 saturated heterocycles. The van der Waals surface area contributed by atoms with Crippen LogP contribution in [0.2, 0.25) is 0 Å². The summed E-state index contributed by atoms with van der Waals surface area (Å²) in [7, 11) is 0. The van der Waals surface area contributed by atoms with Gasteiger partial charge in [0.15, 0.2) is 0 Å². The molecule has 0 aliphatic rings. The fourth-order valence-corrected chi connectivity index (χ4v) is 1.50. The fraction of sp³-hybridized carbons (Fsp3) is 0.571. The third-order valence-electron chi connectivity index (χ3n) is 2.12. The van der Waals surface area contributed by atoms with Crippen LogP contribution in [0.3, 0.4) is 0 Å². The highest BCUT2D eigenvalue weighted by atomic mass is 14.6. The van der Waals surface area contributed by atoms with Crippen molar-refractivity contribution >= 4 is 0 Å². The molecular weight excluding hydrogens is 182 g/mol. The van der Waals surface area contributed by atoms with Crippen molar-refractivity contribution in [2.24, 2.45) is 5.73 Å². The first kappa shape index (κ1) is 14.2. The summed E-state index contributed by atoms with van der Waals surface area (Å²) in [6, 6.07) is 9.06. The van der Waals surface area contributed by atoms with E-state index >= 15 is 0 Å². The van der Waals surface area contributed by atoms with Gasteiger partial charge < -0.3 is 5.73 Å². The molecule has 1 aromatic carbocycles. The molecule has 15 heavy (non-hydrogen) atoms. The number of rotatable bonds is 4. The Hall–Kier alpha value is -0.820. The molecule has 0 amide bonds. The molecule has 1 unspecified atom stereocenters. The summed E-state index contributed by atoms with van der Waals surface area (Å²) in [5, 5.41) is 0. The second-order valence-corrected chi connectivity index (χ2v) is 3.75. The molecule has 2 N–H and O–H groups in total. The Kier molecular flexibility index (Phi) is 8.02. The Bertz CT molecular complexity index is 236. The van der Waals surface area contributed by atoms with Crippen molar-refractivity contribution < 1.29 is 0 Å². The summed E-state index contributed by atoms with van der Waals surface area (Å²) in [4.78, 5) is 0. The first-order chi connectivity index (χ1) is 7.22. The summed E-state index contributed by atoms with van der Waals surface area (Å²) < 4.78 is 0. The predicted molar refractivity (Wildman–Crippen MR) is 69.1 cm³/mol. The van der Waals surface area contributed by atoms with E-state index < -0.39 is 0 Å². The molecule has 0 spiro atoms. The summed E-state index contributed by atoms with van der Waals surface area (Å²) >= 11 is 0. The van der Waals surface area contributed by atoms with Crippen LogP contribution in [-0.4, -0.2) is 6.04 Å². The van der Waals surface area contributed by atoms with Gasteiger partial charge in [-0.15, -0.1) is 0 Å². The second kappa shape index (κ2) is 8.49. The van der Waals surface area contributed by atoms with E-state index in [0.29, 0.717) is 0 Å². The first-order valence-electron chi connectivity index (χ1n) is 6.05. The van der Waals surface area contributed by atoms with Gasteiger partial charge in [-0.1, -0.05) is 51.5 Å². The lowest BCUT2D eigenvalue weighted by molar-refractivity contribution is 0.737. The topological polar surface area (TPSA) is 26.0 Å². The molecule has 0 radical (unpaired) electrons. The summed E-state index contributed by atoms with van der Waals surface area (Å²) in [6.45, 7) is 8.25. The molecule has 1 nitrogen and oxygen atoms in total. The van der Waals surface area contributed by atoms with Gasteiger partial charge in [0.25, 0.3) is 0 Å². The van der Waals surface area contributed by atoms with Gasteiger partial charge in [-0.3, -0.25) is 0 Å². The number of hydrogen-bond acceptors (Lipinski definition) is 1. The van der Waals surface area contributed by atoms with Crippen molar-refractivity contribution in [1.29, 1.82) is 0 Å². The Labute approximate surface area is 94.7 Å². The van der Waals surface area contributed by atoms with E-state index in [4.69, 9.17) is 5.73 Å². The molecule has 0 aliphatic carbocycles. The van der Waals surface area contributed by atoms with Gasteiger partial charge in [0.2, 0.25) is 0 Å². The van der Waals surface area contributed by atoms with Crippen LogP contribution < -0.4 is 5.73 Å². The number of benzene rings is 1. The van der Waals surface area contributed by atoms with Crippen LogP contribution in [0, 0.1) is 0 Å². The van der Waals surface area contributed by atoms with Crippen molar-refractivity contribution in [3.63, 3.8) is 0 Å². The van der Waals surface area contributed by atoms with E-state index in [-0.39, 0.29) is 6.04 Å². The molecule has 1 rings (SSSR count). The highest BCUT2D eigenvalue weighted by molar-refractivity contribution is 5.23. The molecule has 1 heteroatoms. The second-order valence-electron chi connectivity index (χ2n) is 3.75. The van der Waals surface area contributed by atoms with Crippen LogP contribution in [0.25, 0.3) is 0 Å². The third-order valence-corrected chi connectivity index (χ3v) is 2.12. The van der Waals surface area contributed by atoms with Crippen molar-refractivity contribution in [3.8, 4) is 0 Å². The molecule has 1 aromatic rings. The minimum absolute atomic E-state index is 0.261. The normalized spacial score (nSPS) is 11.5. The van der Waals surface area contributed by atoms with Gasteiger partial charge in [0.1, 0.15) is 0 Å². The van der Waals surface area contributed by atoms with Crippen LogP contribution in [0.1, 0.15) is 45.2 Å². The standard InChI is InChI=1S/C12H19N.C2H6/c1-3-4-11-5-7-12(8-6-11)9-10(2)13;1-2/h5-8,10H,3-4,9,13H2,1-2H3;1-2H3. The number of nitrogens with two attached hydrogens (primary N) is 1. The van der Waals surface area contributed by atoms with E-state index in [1.165, 1.54) is 24.0 Å². The van der Waals surface area contributed by atoms with Gasteiger partial charge >= 0.3 is 0 Å². The van der Waals surface area contributed by atoms with E-state index in [0.717, 1.165) is 6.42 Å². The average Bonchev–Trinajstić information content (AvgIpc) is 2.24. The zero-order chi connectivity index (χ0) is 11.7. The van der Waals surface area contributed by atoms with Crippen LogP contribution in [0.15, 0.2) is 24.3 Å². The largest absolute Gasteiger partial charge is 0.328 e. The summed E-state index contributed by atoms with van der Waals surface area (Å²) in [5.74, 6) is 0.